The third kappa shape index (κ3) is 11.4. The Morgan fingerprint density at radius 2 is 1.86 bits per heavy atom. The molecule has 8 heteroatoms. The van der Waals surface area contributed by atoms with Crippen LogP contribution in [0.2, 0.25) is 0 Å². The maximum absolute atomic E-state index is 11.5. The zero-order chi connectivity index (χ0) is 20.8. The van der Waals surface area contributed by atoms with Gasteiger partial charge in [-0.05, 0) is 44.9 Å². The third-order valence-electron chi connectivity index (χ3n) is 3.68. The van der Waals surface area contributed by atoms with Crippen molar-refractivity contribution in [2.24, 2.45) is 0 Å². The minimum absolute atomic E-state index is 0.111. The Morgan fingerprint density at radius 3 is 2.50 bits per heavy atom. The zero-order valence-corrected chi connectivity index (χ0v) is 17.0. The number of urea groups is 1. The highest BCUT2D eigenvalue weighted by Gasteiger charge is 2.07. The number of benzene rings is 1. The summed E-state index contributed by atoms with van der Waals surface area (Å²) in [6.45, 7) is 7.46. The lowest BCUT2D eigenvalue weighted by atomic mass is 10.1. The van der Waals surface area contributed by atoms with Crippen LogP contribution in [0.25, 0.3) is 0 Å². The monoisotopic (exact) mass is 395 g/mol. The number of aliphatic hydroxyl groups is 1. The molecular formula is C20H33N3O5. The second-order valence-corrected chi connectivity index (χ2v) is 6.67. The van der Waals surface area contributed by atoms with Crippen LogP contribution in [0.5, 0.6) is 5.75 Å². The summed E-state index contributed by atoms with van der Waals surface area (Å²) >= 11 is 0. The van der Waals surface area contributed by atoms with Crippen molar-refractivity contribution in [2.75, 3.05) is 32.8 Å². The number of hydrogen-bond acceptors (Lipinski definition) is 6. The fourth-order valence-corrected chi connectivity index (χ4v) is 2.33. The lowest BCUT2D eigenvalue weighted by Gasteiger charge is -2.13. The number of aliphatic hydroxyl groups excluding tert-OH is 1. The van der Waals surface area contributed by atoms with Crippen molar-refractivity contribution in [3.63, 3.8) is 0 Å². The number of esters is 1. The summed E-state index contributed by atoms with van der Waals surface area (Å²) in [5.41, 5.74) is 1.08. The van der Waals surface area contributed by atoms with Gasteiger partial charge in [-0.25, -0.2) is 4.79 Å². The van der Waals surface area contributed by atoms with E-state index in [9.17, 15) is 14.7 Å². The van der Waals surface area contributed by atoms with Gasteiger partial charge in [0, 0.05) is 25.7 Å². The van der Waals surface area contributed by atoms with Crippen molar-refractivity contribution in [1.82, 2.24) is 16.0 Å². The molecule has 4 N–H and O–H groups in total. The number of carbonyl (C=O) groups is 2. The lowest BCUT2D eigenvalue weighted by molar-refractivity contribution is -0.143. The second kappa shape index (κ2) is 13.8. The van der Waals surface area contributed by atoms with Gasteiger partial charge >= 0.3 is 12.0 Å². The van der Waals surface area contributed by atoms with E-state index in [-0.39, 0.29) is 31.1 Å². The molecule has 0 aliphatic carbocycles. The molecule has 0 heterocycles. The molecule has 0 spiro atoms. The summed E-state index contributed by atoms with van der Waals surface area (Å²) in [6, 6.07) is 7.48. The minimum Gasteiger partial charge on any atom is -0.491 e. The van der Waals surface area contributed by atoms with Crippen molar-refractivity contribution in [3.8, 4) is 5.75 Å². The Balaban J connectivity index is 2.18. The second-order valence-electron chi connectivity index (χ2n) is 6.67. The molecule has 0 aliphatic rings. The van der Waals surface area contributed by atoms with Gasteiger partial charge in [0.1, 0.15) is 18.5 Å². The summed E-state index contributed by atoms with van der Waals surface area (Å²) in [5, 5.41) is 18.5. The lowest BCUT2D eigenvalue weighted by Crippen LogP contribution is -2.40. The first-order valence-electron chi connectivity index (χ1n) is 9.71. The summed E-state index contributed by atoms with van der Waals surface area (Å²) < 4.78 is 10.4. The molecule has 1 atom stereocenters. The minimum atomic E-state index is -0.675. The van der Waals surface area contributed by atoms with Gasteiger partial charge in [0.2, 0.25) is 0 Å². The first-order chi connectivity index (χ1) is 13.4. The van der Waals surface area contributed by atoms with Gasteiger partial charge in [0.25, 0.3) is 0 Å². The van der Waals surface area contributed by atoms with Crippen LogP contribution in [0.1, 0.15) is 32.8 Å². The molecule has 0 aliphatic heterocycles. The molecule has 8 nitrogen and oxygen atoms in total. The van der Waals surface area contributed by atoms with Crippen LogP contribution in [0, 0.1) is 0 Å². The Morgan fingerprint density at radius 1 is 1.14 bits per heavy atom. The highest BCUT2D eigenvalue weighted by molar-refractivity contribution is 5.74. The quantitative estimate of drug-likeness (QED) is 0.295. The Labute approximate surface area is 167 Å². The van der Waals surface area contributed by atoms with Crippen molar-refractivity contribution in [1.29, 1.82) is 0 Å². The molecule has 1 unspecified atom stereocenters. The molecular weight excluding hydrogens is 362 g/mol. The van der Waals surface area contributed by atoms with Crippen LogP contribution < -0.4 is 20.7 Å². The van der Waals surface area contributed by atoms with E-state index in [1.807, 2.05) is 38.1 Å². The molecule has 0 saturated heterocycles. The van der Waals surface area contributed by atoms with Gasteiger partial charge in [0.05, 0.1) is 13.0 Å². The number of amides is 2. The summed E-state index contributed by atoms with van der Waals surface area (Å²) in [5.74, 6) is 0.413. The summed E-state index contributed by atoms with van der Waals surface area (Å²) in [6.07, 6.45) is 0.320. The fraction of sp³-hybridized carbons (Fsp3) is 0.600. The number of ether oxygens (including phenoxy) is 2. The SMILES string of the molecule is CCOC(=O)CCNCC(O)COc1ccc(CCNC(=O)NC(C)C)cc1. The topological polar surface area (TPSA) is 109 Å². The van der Waals surface area contributed by atoms with Gasteiger partial charge in [-0.1, -0.05) is 12.1 Å². The molecule has 158 valence electrons. The van der Waals surface area contributed by atoms with Gasteiger partial charge in [0.15, 0.2) is 0 Å². The van der Waals surface area contributed by atoms with E-state index in [0.717, 1.165) is 12.0 Å². The van der Waals surface area contributed by atoms with Crippen LogP contribution in [0.4, 0.5) is 4.79 Å². The smallest absolute Gasteiger partial charge is 0.314 e. The molecule has 1 aromatic carbocycles. The predicted molar refractivity (Wildman–Crippen MR) is 107 cm³/mol. The van der Waals surface area contributed by atoms with Crippen molar-refractivity contribution < 1.29 is 24.2 Å². The maximum Gasteiger partial charge on any atom is 0.314 e. The number of hydrogen-bond donors (Lipinski definition) is 4. The van der Waals surface area contributed by atoms with E-state index in [1.54, 1.807) is 6.92 Å². The molecule has 1 rings (SSSR count). The Hall–Kier alpha value is -2.32. The van der Waals surface area contributed by atoms with E-state index in [1.165, 1.54) is 0 Å². The van der Waals surface area contributed by atoms with Crippen molar-refractivity contribution in [3.05, 3.63) is 29.8 Å². The van der Waals surface area contributed by atoms with Crippen LogP contribution in [-0.4, -0.2) is 62.1 Å². The van der Waals surface area contributed by atoms with E-state index >= 15 is 0 Å². The predicted octanol–water partition coefficient (Wildman–Crippen LogP) is 1.22. The largest absolute Gasteiger partial charge is 0.491 e. The van der Waals surface area contributed by atoms with E-state index < -0.39 is 6.10 Å². The molecule has 0 aromatic heterocycles. The van der Waals surface area contributed by atoms with Gasteiger partial charge < -0.3 is 30.5 Å². The summed E-state index contributed by atoms with van der Waals surface area (Å²) in [7, 11) is 0. The van der Waals surface area contributed by atoms with Crippen LogP contribution in [0.15, 0.2) is 24.3 Å². The molecule has 0 bridgehead atoms. The zero-order valence-electron chi connectivity index (χ0n) is 17.0. The number of rotatable bonds is 13. The average molecular weight is 396 g/mol. The highest BCUT2D eigenvalue weighted by Crippen LogP contribution is 2.12. The van der Waals surface area contributed by atoms with E-state index in [4.69, 9.17) is 9.47 Å². The van der Waals surface area contributed by atoms with Crippen LogP contribution >= 0.6 is 0 Å². The Kier molecular flexibility index (Phi) is 11.7. The molecule has 0 fully saturated rings. The van der Waals surface area contributed by atoms with Crippen LogP contribution in [0.3, 0.4) is 0 Å². The molecule has 2 amide bonds. The third-order valence-corrected chi connectivity index (χ3v) is 3.68. The fourth-order valence-electron chi connectivity index (χ4n) is 2.33. The first-order valence-corrected chi connectivity index (χ1v) is 9.71. The number of carbonyl (C=O) groups excluding carboxylic acids is 2. The standard InChI is InChI=1S/C20H33N3O5/c1-4-27-19(25)10-11-21-13-17(24)14-28-18-7-5-16(6-8-18)9-12-22-20(26)23-15(2)3/h5-8,15,17,21,24H,4,9-14H2,1-3H3,(H2,22,23,26). The van der Waals surface area contributed by atoms with Gasteiger partial charge in [-0.15, -0.1) is 0 Å². The Bertz CT molecular complexity index is 578. The van der Waals surface area contributed by atoms with E-state index in [2.05, 4.69) is 16.0 Å². The average Bonchev–Trinajstić information content (AvgIpc) is 2.64. The summed E-state index contributed by atoms with van der Waals surface area (Å²) in [4.78, 5) is 22.7. The molecule has 28 heavy (non-hydrogen) atoms. The number of nitrogens with one attached hydrogen (secondary N) is 3. The van der Waals surface area contributed by atoms with Gasteiger partial charge in [-0.2, -0.15) is 0 Å². The van der Waals surface area contributed by atoms with Crippen LogP contribution in [-0.2, 0) is 16.0 Å². The van der Waals surface area contributed by atoms with Gasteiger partial charge in [-0.3, -0.25) is 4.79 Å². The highest BCUT2D eigenvalue weighted by atomic mass is 16.5. The normalized spacial score (nSPS) is 11.8. The molecule has 0 radical (unpaired) electrons. The first kappa shape index (κ1) is 23.7. The molecule has 0 saturated carbocycles. The van der Waals surface area contributed by atoms with E-state index in [0.29, 0.717) is 32.0 Å². The van der Waals surface area contributed by atoms with Crippen molar-refractivity contribution >= 4 is 12.0 Å². The van der Waals surface area contributed by atoms with Crippen molar-refractivity contribution in [2.45, 2.75) is 45.8 Å². The molecule has 1 aromatic rings. The maximum atomic E-state index is 11.5.